The van der Waals surface area contributed by atoms with Crippen LogP contribution in [-0.2, 0) is 11.2 Å². The lowest BCUT2D eigenvalue weighted by Crippen LogP contribution is -2.33. The molecule has 0 saturated carbocycles. The van der Waals surface area contributed by atoms with Crippen LogP contribution in [0.25, 0.3) is 0 Å². The zero-order valence-corrected chi connectivity index (χ0v) is 11.9. The summed E-state index contributed by atoms with van der Waals surface area (Å²) < 4.78 is 5.28. The Morgan fingerprint density at radius 1 is 1.39 bits per heavy atom. The van der Waals surface area contributed by atoms with E-state index in [2.05, 4.69) is 16.7 Å². The van der Waals surface area contributed by atoms with Crippen molar-refractivity contribution in [3.63, 3.8) is 0 Å². The summed E-state index contributed by atoms with van der Waals surface area (Å²) in [6.07, 6.45) is 0.778. The van der Waals surface area contributed by atoms with Gasteiger partial charge in [0.1, 0.15) is 5.75 Å². The highest BCUT2D eigenvalue weighted by molar-refractivity contribution is 5.85. The molecule has 2 N–H and O–H groups in total. The van der Waals surface area contributed by atoms with Crippen molar-refractivity contribution in [3.8, 4) is 5.75 Å². The topological polar surface area (TPSA) is 50.4 Å². The van der Waals surface area contributed by atoms with Crippen molar-refractivity contribution in [1.82, 2.24) is 10.6 Å². The maximum absolute atomic E-state index is 11.2. The van der Waals surface area contributed by atoms with E-state index in [9.17, 15) is 4.79 Å². The van der Waals surface area contributed by atoms with Crippen LogP contribution in [0.4, 0.5) is 0 Å². The molecule has 0 bridgehead atoms. The van der Waals surface area contributed by atoms with Gasteiger partial charge >= 0.3 is 0 Å². The maximum Gasteiger partial charge on any atom is 0.233 e. The number of aryl methyl sites for hydroxylation is 1. The van der Waals surface area contributed by atoms with Gasteiger partial charge in [0.25, 0.3) is 0 Å². The zero-order valence-electron chi connectivity index (χ0n) is 11.1. The normalized spacial score (nSPS) is 9.50. The Bertz CT molecular complexity index is 383. The van der Waals surface area contributed by atoms with E-state index in [0.29, 0.717) is 13.1 Å². The molecular formula is C13H21ClN2O2. The molecule has 4 nitrogen and oxygen atoms in total. The number of nitrogens with one attached hydrogen (secondary N) is 2. The fourth-order valence-electron chi connectivity index (χ4n) is 1.66. The van der Waals surface area contributed by atoms with Gasteiger partial charge in [-0.3, -0.25) is 4.79 Å². The van der Waals surface area contributed by atoms with Gasteiger partial charge in [-0.2, -0.15) is 0 Å². The first-order chi connectivity index (χ1) is 8.17. The van der Waals surface area contributed by atoms with Crippen LogP contribution >= 0.6 is 12.4 Å². The number of carbonyl (C=O) groups excluding carboxylic acids is 1. The number of methoxy groups -OCH3 is 1. The Balaban J connectivity index is 0.00000289. The van der Waals surface area contributed by atoms with Gasteiger partial charge in [0.05, 0.1) is 13.7 Å². The fraction of sp³-hybridized carbons (Fsp3) is 0.462. The molecule has 0 fully saturated rings. The molecular weight excluding hydrogens is 252 g/mol. The summed E-state index contributed by atoms with van der Waals surface area (Å²) in [7, 11) is 3.41. The van der Waals surface area contributed by atoms with E-state index in [4.69, 9.17) is 4.74 Å². The number of halogens is 1. The average molecular weight is 273 g/mol. The van der Waals surface area contributed by atoms with Crippen LogP contribution in [0.1, 0.15) is 11.1 Å². The summed E-state index contributed by atoms with van der Waals surface area (Å²) in [6.45, 7) is 3.02. The minimum absolute atomic E-state index is 0. The van der Waals surface area contributed by atoms with E-state index < -0.39 is 0 Å². The van der Waals surface area contributed by atoms with Gasteiger partial charge in [0.2, 0.25) is 5.91 Å². The summed E-state index contributed by atoms with van der Waals surface area (Å²) in [6, 6.07) is 6.06. The van der Waals surface area contributed by atoms with Crippen molar-refractivity contribution in [2.24, 2.45) is 0 Å². The second-order valence-corrected chi connectivity index (χ2v) is 3.95. The van der Waals surface area contributed by atoms with E-state index in [1.165, 1.54) is 5.56 Å². The van der Waals surface area contributed by atoms with Crippen molar-refractivity contribution < 1.29 is 9.53 Å². The van der Waals surface area contributed by atoms with Crippen molar-refractivity contribution >= 4 is 18.3 Å². The fourth-order valence-corrected chi connectivity index (χ4v) is 1.66. The Kier molecular flexibility index (Phi) is 8.16. The minimum atomic E-state index is 0. The maximum atomic E-state index is 11.2. The van der Waals surface area contributed by atoms with Crippen LogP contribution in [0, 0.1) is 6.92 Å². The molecule has 0 aromatic heterocycles. The second-order valence-electron chi connectivity index (χ2n) is 3.95. The third kappa shape index (κ3) is 5.38. The van der Waals surface area contributed by atoms with Gasteiger partial charge in [-0.1, -0.05) is 17.7 Å². The van der Waals surface area contributed by atoms with Crippen molar-refractivity contribution in [2.45, 2.75) is 13.3 Å². The summed E-state index contributed by atoms with van der Waals surface area (Å²) >= 11 is 0. The molecule has 18 heavy (non-hydrogen) atoms. The number of amides is 1. The van der Waals surface area contributed by atoms with Gasteiger partial charge in [-0.25, -0.2) is 0 Å². The molecule has 0 atom stereocenters. The predicted octanol–water partition coefficient (Wildman–Crippen LogP) is 1.30. The van der Waals surface area contributed by atoms with Crippen LogP contribution in [0.5, 0.6) is 5.75 Å². The largest absolute Gasteiger partial charge is 0.496 e. The molecule has 0 unspecified atom stereocenters. The van der Waals surface area contributed by atoms with Crippen LogP contribution in [0.15, 0.2) is 18.2 Å². The molecule has 102 valence electrons. The quantitative estimate of drug-likeness (QED) is 0.821. The number of benzene rings is 1. The molecule has 0 saturated heterocycles. The smallest absolute Gasteiger partial charge is 0.233 e. The number of likely N-dealkylation sites (N-methyl/N-ethyl adjacent to an activating group) is 1. The zero-order chi connectivity index (χ0) is 12.7. The summed E-state index contributed by atoms with van der Waals surface area (Å²) in [5.41, 5.74) is 2.32. The lowest BCUT2D eigenvalue weighted by Gasteiger charge is -2.10. The Labute approximate surface area is 115 Å². The summed E-state index contributed by atoms with van der Waals surface area (Å²) in [4.78, 5) is 11.2. The van der Waals surface area contributed by atoms with Crippen LogP contribution in [0.3, 0.4) is 0 Å². The third-order valence-electron chi connectivity index (χ3n) is 2.49. The average Bonchev–Trinajstić information content (AvgIpc) is 2.30. The second kappa shape index (κ2) is 8.78. The van der Waals surface area contributed by atoms with E-state index in [-0.39, 0.29) is 18.3 Å². The van der Waals surface area contributed by atoms with Crippen molar-refractivity contribution in [1.29, 1.82) is 0 Å². The monoisotopic (exact) mass is 272 g/mol. The molecule has 1 rings (SSSR count). The highest BCUT2D eigenvalue weighted by atomic mass is 35.5. The molecule has 0 aliphatic carbocycles. The molecule has 5 heteroatoms. The van der Waals surface area contributed by atoms with E-state index in [1.807, 2.05) is 19.1 Å². The van der Waals surface area contributed by atoms with Crippen LogP contribution < -0.4 is 15.4 Å². The number of hydrogen-bond donors (Lipinski definition) is 2. The first kappa shape index (κ1) is 16.7. The van der Waals surface area contributed by atoms with E-state index in [1.54, 1.807) is 14.2 Å². The lowest BCUT2D eigenvalue weighted by atomic mass is 10.1. The Hall–Kier alpha value is -1.26. The number of carbonyl (C=O) groups is 1. The van der Waals surface area contributed by atoms with Gasteiger partial charge in [-0.05, 0) is 32.0 Å². The predicted molar refractivity (Wildman–Crippen MR) is 75.6 cm³/mol. The molecule has 1 aromatic rings. The summed E-state index contributed by atoms with van der Waals surface area (Å²) in [5.74, 6) is 0.887. The van der Waals surface area contributed by atoms with Crippen LogP contribution in [-0.4, -0.2) is 33.2 Å². The molecule has 0 spiro atoms. The SMILES string of the molecule is CNCC(=O)NCCc1cc(C)ccc1OC.Cl. The lowest BCUT2D eigenvalue weighted by molar-refractivity contribution is -0.120. The van der Waals surface area contributed by atoms with Gasteiger partial charge < -0.3 is 15.4 Å². The van der Waals surface area contributed by atoms with E-state index in [0.717, 1.165) is 17.7 Å². The standard InChI is InChI=1S/C13H20N2O2.ClH/c1-10-4-5-12(17-3)11(8-10)6-7-15-13(16)9-14-2;/h4-5,8,14H,6-7,9H2,1-3H3,(H,15,16);1H. The first-order valence-electron chi connectivity index (χ1n) is 5.72. The molecule has 1 aromatic carbocycles. The van der Waals surface area contributed by atoms with Gasteiger partial charge in [0, 0.05) is 6.54 Å². The Morgan fingerprint density at radius 3 is 2.72 bits per heavy atom. The number of ether oxygens (including phenoxy) is 1. The highest BCUT2D eigenvalue weighted by Crippen LogP contribution is 2.19. The minimum Gasteiger partial charge on any atom is -0.496 e. The molecule has 0 aliphatic heterocycles. The molecule has 0 radical (unpaired) electrons. The van der Waals surface area contributed by atoms with Crippen molar-refractivity contribution in [3.05, 3.63) is 29.3 Å². The van der Waals surface area contributed by atoms with Crippen molar-refractivity contribution in [2.75, 3.05) is 27.2 Å². The number of rotatable bonds is 6. The third-order valence-corrected chi connectivity index (χ3v) is 2.49. The highest BCUT2D eigenvalue weighted by Gasteiger charge is 2.04. The molecule has 0 aliphatic rings. The summed E-state index contributed by atoms with van der Waals surface area (Å²) in [5, 5.41) is 5.66. The van der Waals surface area contributed by atoms with Gasteiger partial charge in [0.15, 0.2) is 0 Å². The first-order valence-corrected chi connectivity index (χ1v) is 5.72. The molecule has 1 amide bonds. The number of hydrogen-bond acceptors (Lipinski definition) is 3. The van der Waals surface area contributed by atoms with E-state index >= 15 is 0 Å². The molecule has 0 heterocycles. The van der Waals surface area contributed by atoms with Crippen LogP contribution in [0.2, 0.25) is 0 Å². The van der Waals surface area contributed by atoms with Gasteiger partial charge in [-0.15, -0.1) is 12.4 Å². The Morgan fingerprint density at radius 2 is 2.11 bits per heavy atom.